The molecule has 0 rings (SSSR count). The Balaban J connectivity index is 0. The molecule has 6 unspecified atom stereocenters. The Labute approximate surface area is 397 Å². The van der Waals surface area contributed by atoms with Crippen molar-refractivity contribution >= 4 is 70.5 Å². The molecule has 0 amide bonds. The van der Waals surface area contributed by atoms with Crippen molar-refractivity contribution in [3.8, 4) is 0 Å². The van der Waals surface area contributed by atoms with Crippen LogP contribution in [0.5, 0.6) is 0 Å². The highest BCUT2D eigenvalue weighted by Gasteiger charge is 2.19. The number of phosphoric acid groups is 6. The van der Waals surface area contributed by atoms with Crippen LogP contribution >= 0.6 is 70.5 Å². The molecule has 0 aliphatic carbocycles. The van der Waals surface area contributed by atoms with E-state index in [1.807, 2.05) is 0 Å². The zero-order valence-electron chi connectivity index (χ0n) is 36.9. The predicted molar refractivity (Wildman–Crippen MR) is 220 cm³/mol. The number of ether oxygens (including phenoxy) is 6. The first-order valence-corrected chi connectivity index (χ1v) is 30.9. The van der Waals surface area contributed by atoms with E-state index in [0.717, 1.165) is 0 Å². The second-order valence-corrected chi connectivity index (χ2v) is 22.1. The summed E-state index contributed by atoms with van der Waals surface area (Å²) in [5, 5.41) is 0.543. The Morgan fingerprint density at radius 2 is 0.701 bits per heavy atom. The minimum Gasteiger partial charge on any atom is -0.790 e. The van der Waals surface area contributed by atoms with Gasteiger partial charge in [-0.05, 0) is 19.8 Å². The first-order chi connectivity index (χ1) is 31.3. The highest BCUT2D eigenvalue weighted by molar-refractivity contribution is 8.16. The maximum atomic E-state index is 11.8. The van der Waals surface area contributed by atoms with Crippen molar-refractivity contribution in [1.29, 1.82) is 0 Å². The van der Waals surface area contributed by atoms with E-state index in [1.165, 1.54) is 37.4 Å². The summed E-state index contributed by atoms with van der Waals surface area (Å²) in [6, 6.07) is 0. The number of rotatable bonds is 47. The van der Waals surface area contributed by atoms with E-state index in [-0.39, 0.29) is 105 Å². The Morgan fingerprint density at radius 3 is 1.01 bits per heavy atom. The minimum absolute atomic E-state index is 0.00461. The van der Waals surface area contributed by atoms with Crippen LogP contribution in [0.2, 0.25) is 0 Å². The molecular weight excluding hydrogens is 1080 g/mol. The standard InChI is InChI=1S/C21H48O21P4S2.C8H20O9P2/c1-2-21(19-41-44(25,26)27)42-46(30,31)39-14-12-36-10-8-34-6-4-32-3-5-33-7-9-35-11-13-38-45(28,29)40-16-18-48-20-47-17-15-37-43(22,23)24;1-3-8(7-16-18(9,10)11)17-19(12,13)15-6-5-14-4-2/h21H,2-20H2,1H3,(H,28,29)(H,30,31)(H2,22,23,24)(H2,25,26,27);8H,3-7H2,1-2H3,(H,12,13)(H2,9,10,11)/p-8. The molecule has 0 fully saturated rings. The fourth-order valence-electron chi connectivity index (χ4n) is 3.60. The summed E-state index contributed by atoms with van der Waals surface area (Å²) in [6.45, 7) is 4.67. The highest BCUT2D eigenvalue weighted by Crippen LogP contribution is 2.42. The highest BCUT2D eigenvalue weighted by atomic mass is 32.2. The lowest BCUT2D eigenvalue weighted by molar-refractivity contribution is -0.344. The molecule has 0 saturated heterocycles. The first-order valence-electron chi connectivity index (χ1n) is 19.8. The predicted octanol–water partition coefficient (Wildman–Crippen LogP) is -2.25. The van der Waals surface area contributed by atoms with Crippen LogP contribution < -0.4 is 39.1 Å². The van der Waals surface area contributed by atoms with Crippen molar-refractivity contribution in [3.05, 3.63) is 0 Å². The fourth-order valence-corrected chi connectivity index (χ4v) is 9.24. The van der Waals surface area contributed by atoms with Crippen LogP contribution in [-0.4, -0.2) is 159 Å². The summed E-state index contributed by atoms with van der Waals surface area (Å²) in [5.74, 6) is 0.698. The number of phosphoric ester groups is 6. The summed E-state index contributed by atoms with van der Waals surface area (Å²) < 4.78 is 137. The monoisotopic (exact) mass is 1140 g/mol. The van der Waals surface area contributed by atoms with Crippen LogP contribution in [0.1, 0.15) is 33.6 Å². The maximum Gasteiger partial charge on any atom is 0.268 e. The van der Waals surface area contributed by atoms with E-state index in [9.17, 15) is 66.5 Å². The number of hydrogen-bond donors (Lipinski definition) is 1. The van der Waals surface area contributed by atoms with Gasteiger partial charge in [0, 0.05) is 23.2 Å². The van der Waals surface area contributed by atoms with Crippen molar-refractivity contribution in [2.24, 2.45) is 0 Å². The average Bonchev–Trinajstić information content (AvgIpc) is 3.22. The summed E-state index contributed by atoms with van der Waals surface area (Å²) >= 11 is 2.71. The molecule has 0 bridgehead atoms. The molecule has 0 aromatic carbocycles. The molecule has 1 N–H and O–H groups in total. The Morgan fingerprint density at radius 1 is 0.403 bits per heavy atom. The van der Waals surface area contributed by atoms with Gasteiger partial charge in [0.1, 0.15) is 0 Å². The van der Waals surface area contributed by atoms with Gasteiger partial charge in [-0.15, -0.1) is 23.5 Å². The third-order valence-electron chi connectivity index (χ3n) is 6.55. The van der Waals surface area contributed by atoms with E-state index in [1.54, 1.807) is 6.92 Å². The van der Waals surface area contributed by atoms with Gasteiger partial charge in [0.05, 0.1) is 147 Å². The molecule has 6 atom stereocenters. The summed E-state index contributed by atoms with van der Waals surface area (Å²) in [6.07, 6.45) is -2.12. The van der Waals surface area contributed by atoms with Crippen molar-refractivity contribution in [2.75, 3.05) is 142 Å². The maximum absolute atomic E-state index is 11.8. The van der Waals surface area contributed by atoms with Gasteiger partial charge in [-0.3, -0.25) is 18.3 Å². The molecule has 38 heteroatoms. The van der Waals surface area contributed by atoms with Crippen molar-refractivity contribution < 1.29 is 141 Å². The molecular formula is C29H60O30P6S2-8. The van der Waals surface area contributed by atoms with E-state index in [4.69, 9.17) is 42.4 Å². The molecule has 0 aromatic rings. The van der Waals surface area contributed by atoms with Gasteiger partial charge < -0.3 is 122 Å². The smallest absolute Gasteiger partial charge is 0.268 e. The lowest BCUT2D eigenvalue weighted by Crippen LogP contribution is -2.25. The fraction of sp³-hybridized carbons (Fsp3) is 1.00. The van der Waals surface area contributed by atoms with E-state index < -0.39 is 72.4 Å². The van der Waals surface area contributed by atoms with Crippen LogP contribution in [0.25, 0.3) is 0 Å². The Bertz CT molecular complexity index is 1490. The van der Waals surface area contributed by atoms with Crippen LogP contribution in [0, 0.1) is 0 Å². The number of hydrogen-bond acceptors (Lipinski definition) is 31. The van der Waals surface area contributed by atoms with Crippen molar-refractivity contribution in [1.82, 2.24) is 0 Å². The summed E-state index contributed by atoms with van der Waals surface area (Å²) in [7, 11) is -29.0. The van der Waals surface area contributed by atoms with Gasteiger partial charge in [0.15, 0.2) is 0 Å². The molecule has 406 valence electrons. The molecule has 0 saturated carbocycles. The van der Waals surface area contributed by atoms with Gasteiger partial charge in [-0.25, -0.2) is 0 Å². The lowest BCUT2D eigenvalue weighted by Gasteiger charge is -2.32. The topological polar surface area (TPSA) is 446 Å². The van der Waals surface area contributed by atoms with Gasteiger partial charge in [0.25, 0.3) is 31.3 Å². The molecule has 67 heavy (non-hydrogen) atoms. The van der Waals surface area contributed by atoms with Crippen molar-refractivity contribution in [2.45, 2.75) is 45.8 Å². The van der Waals surface area contributed by atoms with Gasteiger partial charge in [-0.1, -0.05) is 13.8 Å². The normalized spacial score (nSPS) is 16.8. The second kappa shape index (κ2) is 41.5. The molecule has 0 spiro atoms. The lowest BCUT2D eigenvalue weighted by atomic mass is 10.3. The van der Waals surface area contributed by atoms with Crippen LogP contribution in [-0.2, 0) is 96.5 Å². The molecule has 0 heterocycles. The quantitative estimate of drug-likeness (QED) is 0.0382. The molecule has 0 aliphatic rings. The van der Waals surface area contributed by atoms with E-state index in [2.05, 4.69) is 31.7 Å². The minimum atomic E-state index is -5.26. The third kappa shape index (κ3) is 54.7. The SMILES string of the molecule is CCC(COP(=O)([O-])[O-])OP(=O)([O-])OCCOCCOCCOCCOCCOCCOP(=O)([O-])OCCSCSCCOP(=O)([O-])O.CCOCCOP(=O)([O-])OC(CC)COP(=O)([O-])[O-]. The zero-order valence-corrected chi connectivity index (χ0v) is 43.9. The van der Waals surface area contributed by atoms with Crippen molar-refractivity contribution in [3.63, 3.8) is 0 Å². The Kier molecular flexibility index (Phi) is 43.4. The van der Waals surface area contributed by atoms with Gasteiger partial charge in [0.2, 0.25) is 0 Å². The van der Waals surface area contributed by atoms with E-state index >= 15 is 0 Å². The third-order valence-corrected chi connectivity index (χ3v) is 13.3. The first kappa shape index (κ1) is 70.2. The second-order valence-electron chi connectivity index (χ2n) is 11.9. The van der Waals surface area contributed by atoms with Gasteiger partial charge >= 0.3 is 0 Å². The van der Waals surface area contributed by atoms with E-state index in [0.29, 0.717) is 36.4 Å². The van der Waals surface area contributed by atoms with Crippen LogP contribution in [0.15, 0.2) is 0 Å². The molecule has 30 nitrogen and oxygen atoms in total. The summed E-state index contributed by atoms with van der Waals surface area (Å²) in [4.78, 5) is 95.1. The average molecular weight is 1140 g/mol. The molecule has 0 aromatic heterocycles. The zero-order chi connectivity index (χ0) is 51.1. The molecule has 0 aliphatic heterocycles. The van der Waals surface area contributed by atoms with Gasteiger partial charge in [-0.2, -0.15) is 0 Å². The van der Waals surface area contributed by atoms with Crippen LogP contribution in [0.3, 0.4) is 0 Å². The largest absolute Gasteiger partial charge is 0.790 e. The summed E-state index contributed by atoms with van der Waals surface area (Å²) in [5.41, 5.74) is 0. The molecule has 0 radical (unpaired) electrons. The number of thioether (sulfide) groups is 2. The van der Waals surface area contributed by atoms with Crippen LogP contribution in [0.4, 0.5) is 0 Å². The Hall–Kier alpha value is 1.12.